The molecule has 0 aliphatic carbocycles. The highest BCUT2D eigenvalue weighted by Gasteiger charge is 2.26. The summed E-state index contributed by atoms with van der Waals surface area (Å²) in [7, 11) is 0. The van der Waals surface area contributed by atoms with Crippen LogP contribution >= 0.6 is 0 Å². The topological polar surface area (TPSA) is 66.9 Å². The van der Waals surface area contributed by atoms with Crippen molar-refractivity contribution in [3.05, 3.63) is 29.3 Å². The van der Waals surface area contributed by atoms with Crippen LogP contribution in [-0.2, 0) is 4.74 Å². The van der Waals surface area contributed by atoms with E-state index in [9.17, 15) is 14.4 Å². The Kier molecular flexibility index (Phi) is 5.03. The first-order valence-corrected chi connectivity index (χ1v) is 7.61. The summed E-state index contributed by atoms with van der Waals surface area (Å²) < 4.78 is 5.37. The number of ether oxygens (including phenoxy) is 1. The Labute approximate surface area is 136 Å². The lowest BCUT2D eigenvalue weighted by molar-refractivity contribution is 0.0240. The first kappa shape index (κ1) is 17.0. The lowest BCUT2D eigenvalue weighted by atomic mass is 10.1. The molecule has 1 aliphatic rings. The summed E-state index contributed by atoms with van der Waals surface area (Å²) in [5, 5.41) is 0. The first-order valence-electron chi connectivity index (χ1n) is 7.61. The van der Waals surface area contributed by atoms with Gasteiger partial charge in [0.05, 0.1) is 0 Å². The zero-order chi connectivity index (χ0) is 17.0. The highest BCUT2D eigenvalue weighted by atomic mass is 16.6. The number of carbonyl (C=O) groups excluding carboxylic acids is 3. The second-order valence-corrected chi connectivity index (χ2v) is 6.50. The molecule has 1 amide bonds. The minimum atomic E-state index is -0.502. The van der Waals surface area contributed by atoms with Gasteiger partial charge in [0.2, 0.25) is 0 Å². The number of hydrogen-bond donors (Lipinski definition) is 0. The summed E-state index contributed by atoms with van der Waals surface area (Å²) >= 11 is 0. The largest absolute Gasteiger partial charge is 0.444 e. The predicted molar refractivity (Wildman–Crippen MR) is 87.2 cm³/mol. The number of hydrogen-bond acceptors (Lipinski definition) is 5. The molecule has 0 spiro atoms. The van der Waals surface area contributed by atoms with Gasteiger partial charge in [-0.25, -0.2) is 4.79 Å². The lowest BCUT2D eigenvalue weighted by Gasteiger charge is -2.36. The fourth-order valence-corrected chi connectivity index (χ4v) is 2.44. The van der Waals surface area contributed by atoms with Crippen molar-refractivity contribution >= 4 is 24.4 Å². The van der Waals surface area contributed by atoms with E-state index in [0.29, 0.717) is 49.9 Å². The standard InChI is InChI=1S/C17H22N2O4/c1-17(2,3)23-16(22)19-8-6-18(7-9-19)15-5-4-13(11-20)14(10-15)12-21/h4-5,10-12H,6-9H2,1-3H3. The van der Waals surface area contributed by atoms with E-state index in [4.69, 9.17) is 4.74 Å². The average Bonchev–Trinajstić information content (AvgIpc) is 2.52. The summed E-state index contributed by atoms with van der Waals surface area (Å²) in [4.78, 5) is 37.7. The number of aldehydes is 2. The molecule has 0 unspecified atom stereocenters. The van der Waals surface area contributed by atoms with Crippen LogP contribution in [-0.4, -0.2) is 55.3 Å². The Morgan fingerprint density at radius 1 is 1.04 bits per heavy atom. The third-order valence-corrected chi connectivity index (χ3v) is 3.62. The molecule has 1 heterocycles. The molecular formula is C17H22N2O4. The van der Waals surface area contributed by atoms with E-state index in [-0.39, 0.29) is 6.09 Å². The zero-order valence-corrected chi connectivity index (χ0v) is 13.7. The maximum absolute atomic E-state index is 12.0. The molecule has 23 heavy (non-hydrogen) atoms. The van der Waals surface area contributed by atoms with Crippen LogP contribution in [0.2, 0.25) is 0 Å². The Bertz CT molecular complexity index is 599. The first-order chi connectivity index (χ1) is 10.8. The van der Waals surface area contributed by atoms with E-state index in [2.05, 4.69) is 4.90 Å². The predicted octanol–water partition coefficient (Wildman–Crippen LogP) is 2.37. The molecule has 0 radical (unpaired) electrons. The molecule has 124 valence electrons. The van der Waals surface area contributed by atoms with Crippen LogP contribution in [0, 0.1) is 0 Å². The van der Waals surface area contributed by atoms with Crippen molar-refractivity contribution < 1.29 is 19.1 Å². The van der Waals surface area contributed by atoms with E-state index < -0.39 is 5.60 Å². The van der Waals surface area contributed by atoms with Gasteiger partial charge in [0.25, 0.3) is 0 Å². The molecule has 0 atom stereocenters. The quantitative estimate of drug-likeness (QED) is 0.800. The van der Waals surface area contributed by atoms with Gasteiger partial charge < -0.3 is 14.5 Å². The monoisotopic (exact) mass is 318 g/mol. The van der Waals surface area contributed by atoms with Crippen molar-refractivity contribution in [3.63, 3.8) is 0 Å². The normalized spacial score (nSPS) is 15.3. The molecule has 2 rings (SSSR count). The van der Waals surface area contributed by atoms with Crippen LogP contribution in [0.4, 0.5) is 10.5 Å². The Hall–Kier alpha value is -2.37. The van der Waals surface area contributed by atoms with Crippen molar-refractivity contribution in [2.24, 2.45) is 0 Å². The molecule has 1 saturated heterocycles. The Balaban J connectivity index is 2.00. The van der Waals surface area contributed by atoms with Crippen molar-refractivity contribution in [2.75, 3.05) is 31.1 Å². The van der Waals surface area contributed by atoms with E-state index in [1.165, 1.54) is 0 Å². The number of anilines is 1. The van der Waals surface area contributed by atoms with Gasteiger partial charge in [-0.3, -0.25) is 9.59 Å². The van der Waals surface area contributed by atoms with Gasteiger partial charge in [-0.1, -0.05) is 0 Å². The smallest absolute Gasteiger partial charge is 0.410 e. The SMILES string of the molecule is CC(C)(C)OC(=O)N1CCN(c2ccc(C=O)c(C=O)c2)CC1. The van der Waals surface area contributed by atoms with Gasteiger partial charge in [-0.05, 0) is 39.0 Å². The average molecular weight is 318 g/mol. The van der Waals surface area contributed by atoms with Crippen LogP contribution in [0.5, 0.6) is 0 Å². The number of benzene rings is 1. The molecule has 6 nitrogen and oxygen atoms in total. The van der Waals surface area contributed by atoms with Gasteiger partial charge in [0.1, 0.15) is 5.60 Å². The van der Waals surface area contributed by atoms with Crippen LogP contribution in [0.3, 0.4) is 0 Å². The third kappa shape index (κ3) is 4.31. The molecule has 0 N–H and O–H groups in total. The molecule has 1 aromatic rings. The van der Waals surface area contributed by atoms with E-state index >= 15 is 0 Å². The fraction of sp³-hybridized carbons (Fsp3) is 0.471. The number of nitrogens with zero attached hydrogens (tertiary/aromatic N) is 2. The van der Waals surface area contributed by atoms with Crippen molar-refractivity contribution in [1.29, 1.82) is 0 Å². The van der Waals surface area contributed by atoms with Gasteiger partial charge in [0.15, 0.2) is 12.6 Å². The molecule has 1 aromatic carbocycles. The summed E-state index contributed by atoms with van der Waals surface area (Å²) in [5.74, 6) is 0. The Morgan fingerprint density at radius 3 is 2.17 bits per heavy atom. The highest BCUT2D eigenvalue weighted by molar-refractivity contribution is 5.91. The minimum Gasteiger partial charge on any atom is -0.444 e. The second-order valence-electron chi connectivity index (χ2n) is 6.50. The van der Waals surface area contributed by atoms with Crippen LogP contribution in [0.25, 0.3) is 0 Å². The Morgan fingerprint density at radius 2 is 1.65 bits per heavy atom. The van der Waals surface area contributed by atoms with Gasteiger partial charge in [-0.15, -0.1) is 0 Å². The van der Waals surface area contributed by atoms with Crippen LogP contribution < -0.4 is 4.90 Å². The van der Waals surface area contributed by atoms with Gasteiger partial charge in [0, 0.05) is 43.0 Å². The fourth-order valence-electron chi connectivity index (χ4n) is 2.44. The summed E-state index contributed by atoms with van der Waals surface area (Å²) in [5.41, 5.74) is 1.14. The number of rotatable bonds is 3. The second kappa shape index (κ2) is 6.81. The van der Waals surface area contributed by atoms with Gasteiger partial charge >= 0.3 is 6.09 Å². The summed E-state index contributed by atoms with van der Waals surface area (Å²) in [6.45, 7) is 7.95. The summed E-state index contributed by atoms with van der Waals surface area (Å²) in [6.07, 6.45) is 1.06. The van der Waals surface area contributed by atoms with Crippen molar-refractivity contribution in [2.45, 2.75) is 26.4 Å². The van der Waals surface area contributed by atoms with E-state index in [0.717, 1.165) is 5.69 Å². The molecule has 0 saturated carbocycles. The van der Waals surface area contributed by atoms with Crippen molar-refractivity contribution in [3.8, 4) is 0 Å². The van der Waals surface area contributed by atoms with Crippen LogP contribution in [0.15, 0.2) is 18.2 Å². The maximum atomic E-state index is 12.0. The number of piperazine rings is 1. The van der Waals surface area contributed by atoms with E-state index in [1.54, 1.807) is 17.0 Å². The number of amides is 1. The molecule has 0 bridgehead atoms. The zero-order valence-electron chi connectivity index (χ0n) is 13.7. The van der Waals surface area contributed by atoms with Crippen LogP contribution in [0.1, 0.15) is 41.5 Å². The lowest BCUT2D eigenvalue weighted by Crippen LogP contribution is -2.50. The van der Waals surface area contributed by atoms with Gasteiger partial charge in [-0.2, -0.15) is 0 Å². The molecule has 6 heteroatoms. The molecule has 0 aromatic heterocycles. The number of carbonyl (C=O) groups is 3. The maximum Gasteiger partial charge on any atom is 0.410 e. The minimum absolute atomic E-state index is 0.304. The molecule has 1 fully saturated rings. The van der Waals surface area contributed by atoms with Crippen molar-refractivity contribution in [1.82, 2.24) is 4.90 Å². The molecule has 1 aliphatic heterocycles. The molecular weight excluding hydrogens is 296 g/mol. The van der Waals surface area contributed by atoms with E-state index in [1.807, 2.05) is 26.8 Å². The summed E-state index contributed by atoms with van der Waals surface area (Å²) in [6, 6.07) is 5.17. The highest BCUT2D eigenvalue weighted by Crippen LogP contribution is 2.20. The third-order valence-electron chi connectivity index (χ3n) is 3.62.